The molecule has 0 radical (unpaired) electrons. The third-order valence-corrected chi connectivity index (χ3v) is 8.12. The second kappa shape index (κ2) is 11.9. The van der Waals surface area contributed by atoms with Crippen molar-refractivity contribution in [1.82, 2.24) is 24.3 Å². The molecule has 3 aromatic heterocycles. The van der Waals surface area contributed by atoms with E-state index in [1.165, 1.54) is 0 Å². The molecule has 0 unspecified atom stereocenters. The Hall–Kier alpha value is -5.91. The van der Waals surface area contributed by atoms with Crippen LogP contribution in [0.4, 0.5) is 0 Å². The Kier molecular flexibility index (Phi) is 7.14. The van der Waals surface area contributed by atoms with Crippen molar-refractivity contribution < 1.29 is 0 Å². The minimum Gasteiger partial charge on any atom is -0.299 e. The molecule has 0 atom stereocenters. The van der Waals surface area contributed by atoms with E-state index in [2.05, 4.69) is 53.1 Å². The van der Waals surface area contributed by atoms with E-state index in [0.717, 1.165) is 56.0 Å². The molecule has 0 fully saturated rings. The van der Waals surface area contributed by atoms with Gasteiger partial charge in [0.2, 0.25) is 0 Å². The molecule has 0 saturated carbocycles. The van der Waals surface area contributed by atoms with Crippen molar-refractivity contribution in [2.45, 2.75) is 0 Å². The SMILES string of the molecule is Clc1cc(-c2cccc(-c3c(-c4ccccc4)nc4ccccn34)c2)cc(-c2nc(-c3ccccc3)nc(-c3ccccc3)n2)c1. The van der Waals surface area contributed by atoms with Crippen LogP contribution in [0.1, 0.15) is 0 Å². The lowest BCUT2D eigenvalue weighted by molar-refractivity contribution is 1.07. The van der Waals surface area contributed by atoms with Crippen LogP contribution in [0.2, 0.25) is 5.02 Å². The Bertz CT molecular complexity index is 2260. The number of imidazole rings is 1. The molecule has 0 spiro atoms. The fraction of sp³-hybridized carbons (Fsp3) is 0. The summed E-state index contributed by atoms with van der Waals surface area (Å²) in [4.78, 5) is 19.7. The van der Waals surface area contributed by atoms with Gasteiger partial charge in [-0.3, -0.25) is 4.40 Å². The van der Waals surface area contributed by atoms with E-state index in [9.17, 15) is 0 Å². The third kappa shape index (κ3) is 5.34. The Balaban J connectivity index is 1.26. The molecule has 5 aromatic carbocycles. The smallest absolute Gasteiger partial charge is 0.164 e. The van der Waals surface area contributed by atoms with Crippen molar-refractivity contribution in [3.63, 3.8) is 0 Å². The molecule has 0 aliphatic rings. The van der Waals surface area contributed by atoms with E-state index >= 15 is 0 Å². The lowest BCUT2D eigenvalue weighted by Crippen LogP contribution is -2.00. The quantitative estimate of drug-likeness (QED) is 0.188. The number of pyridine rings is 1. The summed E-state index contributed by atoms with van der Waals surface area (Å²) in [5, 5.41) is 0.598. The standard InChI is InChI=1S/C40H26ClN5/c41-34-25-32(24-33(26-34)40-44-38(28-15-6-2-7-16-28)43-39(45-40)29-17-8-3-9-18-29)30-19-12-20-31(23-30)37-36(27-13-4-1-5-14-27)42-35-21-10-11-22-46(35)37/h1-26H. The van der Waals surface area contributed by atoms with Gasteiger partial charge in [0.25, 0.3) is 0 Å². The van der Waals surface area contributed by atoms with Crippen LogP contribution in [0.25, 0.3) is 73.5 Å². The highest BCUT2D eigenvalue weighted by atomic mass is 35.5. The normalized spacial score (nSPS) is 11.2. The average Bonchev–Trinajstić information content (AvgIpc) is 3.52. The molecule has 218 valence electrons. The molecule has 6 heteroatoms. The summed E-state index contributed by atoms with van der Waals surface area (Å²) in [5.41, 5.74) is 9.60. The fourth-order valence-corrected chi connectivity index (χ4v) is 5.97. The van der Waals surface area contributed by atoms with Crippen LogP contribution < -0.4 is 0 Å². The second-order valence-electron chi connectivity index (χ2n) is 11.0. The van der Waals surface area contributed by atoms with Gasteiger partial charge in [0.15, 0.2) is 17.5 Å². The van der Waals surface area contributed by atoms with Gasteiger partial charge in [-0.1, -0.05) is 127 Å². The summed E-state index contributed by atoms with van der Waals surface area (Å²) < 4.78 is 2.14. The molecule has 46 heavy (non-hydrogen) atoms. The largest absolute Gasteiger partial charge is 0.299 e. The number of benzene rings is 5. The average molecular weight is 612 g/mol. The first-order valence-corrected chi connectivity index (χ1v) is 15.4. The summed E-state index contributed by atoms with van der Waals surface area (Å²) in [5.74, 6) is 1.77. The van der Waals surface area contributed by atoms with E-state index in [4.69, 9.17) is 31.5 Å². The van der Waals surface area contributed by atoms with Crippen LogP contribution in [0.5, 0.6) is 0 Å². The predicted octanol–water partition coefficient (Wildman–Crippen LogP) is 10.2. The maximum absolute atomic E-state index is 6.80. The first-order chi connectivity index (χ1) is 22.7. The summed E-state index contributed by atoms with van der Waals surface area (Å²) in [6, 6.07) is 50.8. The van der Waals surface area contributed by atoms with Crippen LogP contribution in [0, 0.1) is 0 Å². The Labute approximate surface area is 271 Å². The van der Waals surface area contributed by atoms with E-state index in [-0.39, 0.29) is 0 Å². The molecule has 0 aliphatic carbocycles. The molecule has 3 heterocycles. The van der Waals surface area contributed by atoms with Gasteiger partial charge in [-0.25, -0.2) is 19.9 Å². The van der Waals surface area contributed by atoms with Crippen molar-refractivity contribution in [1.29, 1.82) is 0 Å². The topological polar surface area (TPSA) is 56.0 Å². The molecule has 0 saturated heterocycles. The second-order valence-corrected chi connectivity index (χ2v) is 11.4. The molecule has 8 rings (SSSR count). The zero-order valence-electron chi connectivity index (χ0n) is 24.6. The highest BCUT2D eigenvalue weighted by Crippen LogP contribution is 2.36. The Morgan fingerprint density at radius 1 is 0.391 bits per heavy atom. The highest BCUT2D eigenvalue weighted by molar-refractivity contribution is 6.31. The van der Waals surface area contributed by atoms with Crippen molar-refractivity contribution >= 4 is 17.2 Å². The van der Waals surface area contributed by atoms with Gasteiger partial charge in [-0.15, -0.1) is 0 Å². The van der Waals surface area contributed by atoms with Gasteiger partial charge in [0, 0.05) is 39.0 Å². The molecular formula is C40H26ClN5. The van der Waals surface area contributed by atoms with E-state index in [0.29, 0.717) is 22.5 Å². The summed E-state index contributed by atoms with van der Waals surface area (Å²) >= 11 is 6.80. The fourth-order valence-electron chi connectivity index (χ4n) is 5.74. The van der Waals surface area contributed by atoms with E-state index in [1.54, 1.807) is 0 Å². The monoisotopic (exact) mass is 611 g/mol. The van der Waals surface area contributed by atoms with E-state index < -0.39 is 0 Å². The van der Waals surface area contributed by atoms with Gasteiger partial charge in [0.05, 0.1) is 11.4 Å². The third-order valence-electron chi connectivity index (χ3n) is 7.90. The van der Waals surface area contributed by atoms with Crippen molar-refractivity contribution in [3.8, 4) is 67.8 Å². The maximum atomic E-state index is 6.80. The molecule has 0 amide bonds. The minimum atomic E-state index is 0.556. The Morgan fingerprint density at radius 2 is 0.891 bits per heavy atom. The number of rotatable bonds is 6. The van der Waals surface area contributed by atoms with Crippen LogP contribution in [-0.4, -0.2) is 24.3 Å². The van der Waals surface area contributed by atoms with Gasteiger partial charge >= 0.3 is 0 Å². The minimum absolute atomic E-state index is 0.556. The van der Waals surface area contributed by atoms with Gasteiger partial charge in [-0.2, -0.15) is 0 Å². The number of hydrogen-bond donors (Lipinski definition) is 0. The molecule has 5 nitrogen and oxygen atoms in total. The molecule has 8 aromatic rings. The molecule has 0 bridgehead atoms. The lowest BCUT2D eigenvalue weighted by Gasteiger charge is -2.12. The van der Waals surface area contributed by atoms with Gasteiger partial charge in [0.1, 0.15) is 5.65 Å². The molecule has 0 aliphatic heterocycles. The first kappa shape index (κ1) is 27.6. The maximum Gasteiger partial charge on any atom is 0.164 e. The predicted molar refractivity (Wildman–Crippen MR) is 186 cm³/mol. The van der Waals surface area contributed by atoms with Crippen molar-refractivity contribution in [2.75, 3.05) is 0 Å². The van der Waals surface area contributed by atoms with E-state index in [1.807, 2.05) is 109 Å². The Morgan fingerprint density at radius 3 is 1.54 bits per heavy atom. The number of fused-ring (bicyclic) bond motifs is 1. The molecular weight excluding hydrogens is 586 g/mol. The van der Waals surface area contributed by atoms with Crippen molar-refractivity contribution in [2.24, 2.45) is 0 Å². The summed E-state index contributed by atoms with van der Waals surface area (Å²) in [7, 11) is 0. The number of aromatic nitrogens is 5. The van der Waals surface area contributed by atoms with Crippen molar-refractivity contribution in [3.05, 3.63) is 163 Å². The highest BCUT2D eigenvalue weighted by Gasteiger charge is 2.17. The zero-order valence-corrected chi connectivity index (χ0v) is 25.4. The van der Waals surface area contributed by atoms with Crippen LogP contribution in [0.15, 0.2) is 158 Å². The van der Waals surface area contributed by atoms with Gasteiger partial charge in [-0.05, 0) is 47.5 Å². The number of hydrogen-bond acceptors (Lipinski definition) is 4. The lowest BCUT2D eigenvalue weighted by atomic mass is 9.98. The van der Waals surface area contributed by atoms with Crippen LogP contribution in [-0.2, 0) is 0 Å². The number of halogens is 1. The van der Waals surface area contributed by atoms with Crippen LogP contribution in [0.3, 0.4) is 0 Å². The first-order valence-electron chi connectivity index (χ1n) is 15.0. The summed E-state index contributed by atoms with van der Waals surface area (Å²) in [6.45, 7) is 0. The molecule has 0 N–H and O–H groups in total. The number of nitrogens with zero attached hydrogens (tertiary/aromatic N) is 5. The zero-order chi connectivity index (χ0) is 30.9. The summed E-state index contributed by atoms with van der Waals surface area (Å²) in [6.07, 6.45) is 2.06. The van der Waals surface area contributed by atoms with Crippen LogP contribution >= 0.6 is 11.6 Å². The van der Waals surface area contributed by atoms with Gasteiger partial charge < -0.3 is 0 Å².